The highest BCUT2D eigenvalue weighted by Crippen LogP contribution is 2.30. The maximum Gasteiger partial charge on any atom is 0.326 e. The van der Waals surface area contributed by atoms with E-state index in [-0.39, 0.29) is 11.7 Å². The summed E-state index contributed by atoms with van der Waals surface area (Å²) < 4.78 is 5.51. The summed E-state index contributed by atoms with van der Waals surface area (Å²) in [7, 11) is 0. The molecule has 0 bridgehead atoms. The summed E-state index contributed by atoms with van der Waals surface area (Å²) in [5.74, 6) is -1.78. The third kappa shape index (κ3) is 2.88. The van der Waals surface area contributed by atoms with Gasteiger partial charge in [-0.15, -0.1) is 0 Å². The Morgan fingerprint density at radius 3 is 2.52 bits per heavy atom. The fraction of sp³-hybridized carbons (Fsp3) is 0.333. The number of hydrogen-bond acceptors (Lipinski definition) is 3. The Kier molecular flexibility index (Phi) is 4.23. The van der Waals surface area contributed by atoms with Crippen molar-refractivity contribution >= 4 is 34.4 Å². The summed E-state index contributed by atoms with van der Waals surface area (Å²) in [5.41, 5.74) is 1.07. The van der Waals surface area contributed by atoms with Crippen molar-refractivity contribution in [2.24, 2.45) is 5.92 Å². The van der Waals surface area contributed by atoms with Crippen LogP contribution < -0.4 is 5.32 Å². The van der Waals surface area contributed by atoms with Crippen LogP contribution in [0.5, 0.6) is 0 Å². The average molecular weight is 310 g/mol. The number of nitrogens with one attached hydrogen (secondary N) is 1. The van der Waals surface area contributed by atoms with Crippen LogP contribution in [0.3, 0.4) is 0 Å². The van der Waals surface area contributed by atoms with Crippen LogP contribution in [-0.4, -0.2) is 23.0 Å². The van der Waals surface area contributed by atoms with Gasteiger partial charge in [-0.05, 0) is 18.9 Å². The molecule has 0 aliphatic carbocycles. The van der Waals surface area contributed by atoms with E-state index in [0.29, 0.717) is 16.2 Å². The van der Waals surface area contributed by atoms with E-state index in [1.54, 1.807) is 39.0 Å². The van der Waals surface area contributed by atoms with E-state index in [9.17, 15) is 9.59 Å². The van der Waals surface area contributed by atoms with Crippen molar-refractivity contribution < 1.29 is 19.1 Å². The molecule has 0 fully saturated rings. The molecular formula is C15H16ClNO4. The molecule has 21 heavy (non-hydrogen) atoms. The van der Waals surface area contributed by atoms with E-state index in [1.807, 2.05) is 0 Å². The van der Waals surface area contributed by atoms with E-state index < -0.39 is 17.9 Å². The monoisotopic (exact) mass is 309 g/mol. The molecule has 0 aliphatic rings. The number of carboxylic acid groups (broad SMARTS) is 1. The Morgan fingerprint density at radius 1 is 1.33 bits per heavy atom. The molecule has 1 atom stereocenters. The number of halogens is 1. The van der Waals surface area contributed by atoms with Crippen LogP contribution in [0.15, 0.2) is 22.6 Å². The maximum atomic E-state index is 12.3. The average Bonchev–Trinajstić information content (AvgIpc) is 2.74. The number of para-hydroxylation sites is 1. The molecular weight excluding hydrogens is 294 g/mol. The minimum absolute atomic E-state index is 0.0880. The Morgan fingerprint density at radius 2 is 2.00 bits per heavy atom. The maximum absolute atomic E-state index is 12.3. The van der Waals surface area contributed by atoms with Crippen LogP contribution in [0, 0.1) is 12.8 Å². The first-order valence-electron chi connectivity index (χ1n) is 6.54. The van der Waals surface area contributed by atoms with Gasteiger partial charge in [0.2, 0.25) is 0 Å². The minimum Gasteiger partial charge on any atom is -0.480 e. The van der Waals surface area contributed by atoms with Crippen molar-refractivity contribution in [1.82, 2.24) is 5.32 Å². The number of furan rings is 1. The lowest BCUT2D eigenvalue weighted by atomic mass is 10.0. The predicted octanol–water partition coefficient (Wildman–Crippen LogP) is 3.23. The zero-order chi connectivity index (χ0) is 15.7. The second kappa shape index (κ2) is 5.77. The summed E-state index contributed by atoms with van der Waals surface area (Å²) in [6.07, 6.45) is 0. The van der Waals surface area contributed by atoms with Crippen molar-refractivity contribution in [3.05, 3.63) is 34.5 Å². The zero-order valence-corrected chi connectivity index (χ0v) is 12.7. The van der Waals surface area contributed by atoms with Gasteiger partial charge in [0.1, 0.15) is 6.04 Å². The fourth-order valence-corrected chi connectivity index (χ4v) is 2.36. The van der Waals surface area contributed by atoms with Crippen molar-refractivity contribution in [2.75, 3.05) is 0 Å². The Bertz CT molecular complexity index is 705. The topological polar surface area (TPSA) is 79.5 Å². The third-order valence-electron chi connectivity index (χ3n) is 3.34. The summed E-state index contributed by atoms with van der Waals surface area (Å²) >= 11 is 6.03. The lowest BCUT2D eigenvalue weighted by molar-refractivity contribution is -0.140. The van der Waals surface area contributed by atoms with E-state index in [4.69, 9.17) is 21.1 Å². The number of carbonyl (C=O) groups is 2. The standard InChI is InChI=1S/C15H16ClNO4/c1-7(2)11(15(19)20)17-14(18)12-8(3)9-5-4-6-10(16)13(9)21-12/h4-7,11H,1-3H3,(H,17,18)(H,19,20). The largest absolute Gasteiger partial charge is 0.480 e. The van der Waals surface area contributed by atoms with Gasteiger partial charge in [-0.2, -0.15) is 0 Å². The first-order valence-corrected chi connectivity index (χ1v) is 6.92. The number of hydrogen-bond donors (Lipinski definition) is 2. The second-order valence-electron chi connectivity index (χ2n) is 5.21. The lowest BCUT2D eigenvalue weighted by Gasteiger charge is -2.17. The molecule has 1 aromatic heterocycles. The molecule has 0 saturated heterocycles. The predicted molar refractivity (Wildman–Crippen MR) is 79.7 cm³/mol. The number of rotatable bonds is 4. The SMILES string of the molecule is Cc1c(C(=O)NC(C(=O)O)C(C)C)oc2c(Cl)cccc12. The summed E-state index contributed by atoms with van der Waals surface area (Å²) in [6.45, 7) is 5.19. The van der Waals surface area contributed by atoms with E-state index >= 15 is 0 Å². The molecule has 0 spiro atoms. The van der Waals surface area contributed by atoms with Crippen LogP contribution in [-0.2, 0) is 4.79 Å². The number of benzene rings is 1. The second-order valence-corrected chi connectivity index (χ2v) is 5.61. The van der Waals surface area contributed by atoms with Crippen LogP contribution in [0.1, 0.15) is 30.0 Å². The smallest absolute Gasteiger partial charge is 0.326 e. The molecule has 2 aromatic rings. The summed E-state index contributed by atoms with van der Waals surface area (Å²) in [4.78, 5) is 23.4. The highest BCUT2D eigenvalue weighted by molar-refractivity contribution is 6.35. The first-order chi connectivity index (χ1) is 9.82. The first kappa shape index (κ1) is 15.4. The fourth-order valence-electron chi connectivity index (χ4n) is 2.15. The van der Waals surface area contributed by atoms with Gasteiger partial charge in [0.05, 0.1) is 5.02 Å². The van der Waals surface area contributed by atoms with Gasteiger partial charge in [-0.3, -0.25) is 4.79 Å². The van der Waals surface area contributed by atoms with Crippen molar-refractivity contribution in [3.8, 4) is 0 Å². The highest BCUT2D eigenvalue weighted by atomic mass is 35.5. The van der Waals surface area contributed by atoms with Gasteiger partial charge in [0.25, 0.3) is 5.91 Å². The number of amides is 1. The van der Waals surface area contributed by atoms with E-state index in [0.717, 1.165) is 5.39 Å². The van der Waals surface area contributed by atoms with Crippen LogP contribution in [0.4, 0.5) is 0 Å². The van der Waals surface area contributed by atoms with Gasteiger partial charge in [0.15, 0.2) is 11.3 Å². The van der Waals surface area contributed by atoms with Crippen LogP contribution in [0.2, 0.25) is 5.02 Å². The van der Waals surface area contributed by atoms with Gasteiger partial charge in [-0.1, -0.05) is 37.6 Å². The molecule has 2 N–H and O–H groups in total. The van der Waals surface area contributed by atoms with E-state index in [2.05, 4.69) is 5.32 Å². The number of carboxylic acids is 1. The number of aryl methyl sites for hydroxylation is 1. The number of fused-ring (bicyclic) bond motifs is 1. The molecule has 1 aromatic carbocycles. The molecule has 6 heteroatoms. The number of aliphatic carboxylic acids is 1. The van der Waals surface area contributed by atoms with Crippen LogP contribution in [0.25, 0.3) is 11.0 Å². The van der Waals surface area contributed by atoms with Gasteiger partial charge < -0.3 is 14.8 Å². The Hall–Kier alpha value is -2.01. The summed E-state index contributed by atoms with van der Waals surface area (Å²) in [6, 6.07) is 4.26. The lowest BCUT2D eigenvalue weighted by Crippen LogP contribution is -2.44. The van der Waals surface area contributed by atoms with Gasteiger partial charge in [-0.25, -0.2) is 4.79 Å². The van der Waals surface area contributed by atoms with Crippen molar-refractivity contribution in [3.63, 3.8) is 0 Å². The molecule has 1 amide bonds. The molecule has 5 nitrogen and oxygen atoms in total. The van der Waals surface area contributed by atoms with Crippen molar-refractivity contribution in [2.45, 2.75) is 26.8 Å². The Balaban J connectivity index is 2.38. The van der Waals surface area contributed by atoms with Crippen LogP contribution >= 0.6 is 11.6 Å². The van der Waals surface area contributed by atoms with Crippen molar-refractivity contribution in [1.29, 1.82) is 0 Å². The molecule has 0 saturated carbocycles. The van der Waals surface area contributed by atoms with Gasteiger partial charge in [0, 0.05) is 10.9 Å². The van der Waals surface area contributed by atoms with Gasteiger partial charge >= 0.3 is 5.97 Å². The minimum atomic E-state index is -1.08. The normalized spacial score (nSPS) is 12.6. The summed E-state index contributed by atoms with van der Waals surface area (Å²) in [5, 5.41) is 12.8. The molecule has 0 aliphatic heterocycles. The molecule has 1 unspecified atom stereocenters. The number of carbonyl (C=O) groups excluding carboxylic acids is 1. The van der Waals surface area contributed by atoms with E-state index in [1.165, 1.54) is 0 Å². The Labute approximate surface area is 126 Å². The molecule has 112 valence electrons. The highest BCUT2D eigenvalue weighted by Gasteiger charge is 2.27. The molecule has 0 radical (unpaired) electrons. The molecule has 2 rings (SSSR count). The third-order valence-corrected chi connectivity index (χ3v) is 3.64. The zero-order valence-electron chi connectivity index (χ0n) is 11.9. The molecule has 1 heterocycles. The quantitative estimate of drug-likeness (QED) is 0.908.